The highest BCUT2D eigenvalue weighted by Gasteiger charge is 2.23. The van der Waals surface area contributed by atoms with E-state index in [4.69, 9.17) is 5.11 Å². The van der Waals surface area contributed by atoms with Crippen molar-refractivity contribution in [2.45, 2.75) is 45.7 Å². The molecule has 0 aliphatic rings. The van der Waals surface area contributed by atoms with Gasteiger partial charge in [0.25, 0.3) is 5.56 Å². The maximum Gasteiger partial charge on any atom is 0.326 e. The molecule has 0 bridgehead atoms. The summed E-state index contributed by atoms with van der Waals surface area (Å²) in [6.07, 6.45) is 2.42. The van der Waals surface area contributed by atoms with Crippen LogP contribution in [0.2, 0.25) is 0 Å². The van der Waals surface area contributed by atoms with Crippen LogP contribution in [-0.2, 0) is 16.0 Å². The van der Waals surface area contributed by atoms with E-state index < -0.39 is 24.0 Å². The molecule has 1 amide bonds. The van der Waals surface area contributed by atoms with Gasteiger partial charge in [0.2, 0.25) is 5.91 Å². The molecule has 2 heterocycles. The summed E-state index contributed by atoms with van der Waals surface area (Å²) in [6.45, 7) is 5.21. The molecule has 2 rings (SSSR count). The first-order valence-electron chi connectivity index (χ1n) is 7.41. The maximum atomic E-state index is 12.5. The number of aliphatic carboxylic acids is 1. The van der Waals surface area contributed by atoms with E-state index in [9.17, 15) is 14.4 Å². The van der Waals surface area contributed by atoms with Crippen LogP contribution in [0.25, 0.3) is 10.2 Å². The summed E-state index contributed by atoms with van der Waals surface area (Å²) < 4.78 is 1.23. The predicted molar refractivity (Wildman–Crippen MR) is 87.8 cm³/mol. The first-order chi connectivity index (χ1) is 10.9. The Balaban J connectivity index is 2.32. The average molecular weight is 337 g/mol. The van der Waals surface area contributed by atoms with Crippen LogP contribution < -0.4 is 10.9 Å². The number of aryl methyl sites for hydroxylation is 1. The van der Waals surface area contributed by atoms with Crippen molar-refractivity contribution in [1.82, 2.24) is 14.9 Å². The van der Waals surface area contributed by atoms with E-state index in [0.717, 1.165) is 11.3 Å². The second-order valence-electron chi connectivity index (χ2n) is 5.23. The quantitative estimate of drug-likeness (QED) is 0.833. The van der Waals surface area contributed by atoms with Crippen LogP contribution in [0.3, 0.4) is 0 Å². The number of aromatic nitrogens is 2. The normalized spacial score (nSPS) is 13.7. The topological polar surface area (TPSA) is 101 Å². The van der Waals surface area contributed by atoms with Crippen molar-refractivity contribution in [1.29, 1.82) is 0 Å². The van der Waals surface area contributed by atoms with Crippen LogP contribution in [0, 0.1) is 0 Å². The third-order valence-corrected chi connectivity index (χ3v) is 4.88. The third kappa shape index (κ3) is 3.42. The Kier molecular flexibility index (Phi) is 5.15. The number of carboxylic acid groups (broad SMARTS) is 1. The van der Waals surface area contributed by atoms with Gasteiger partial charge in [0.15, 0.2) is 0 Å². The lowest BCUT2D eigenvalue weighted by molar-refractivity contribution is -0.142. The van der Waals surface area contributed by atoms with Crippen molar-refractivity contribution in [3.63, 3.8) is 0 Å². The Morgan fingerprint density at radius 2 is 2.13 bits per heavy atom. The van der Waals surface area contributed by atoms with Gasteiger partial charge in [-0.2, -0.15) is 0 Å². The minimum atomic E-state index is -1.10. The van der Waals surface area contributed by atoms with Gasteiger partial charge in [-0.3, -0.25) is 14.2 Å². The maximum absolute atomic E-state index is 12.5. The van der Waals surface area contributed by atoms with Crippen molar-refractivity contribution < 1.29 is 14.7 Å². The van der Waals surface area contributed by atoms with Gasteiger partial charge < -0.3 is 10.4 Å². The lowest BCUT2D eigenvalue weighted by Crippen LogP contribution is -2.44. The first kappa shape index (κ1) is 17.1. The van der Waals surface area contributed by atoms with Gasteiger partial charge in [0.1, 0.15) is 16.9 Å². The van der Waals surface area contributed by atoms with Crippen LogP contribution in [0.5, 0.6) is 0 Å². The van der Waals surface area contributed by atoms with E-state index in [1.807, 2.05) is 6.92 Å². The summed E-state index contributed by atoms with van der Waals surface area (Å²) in [6, 6.07) is -0.00861. The molecule has 124 valence electrons. The third-order valence-electron chi connectivity index (χ3n) is 3.70. The molecule has 0 saturated carbocycles. The molecule has 8 heteroatoms. The Morgan fingerprint density at radius 1 is 1.43 bits per heavy atom. The molecule has 0 radical (unpaired) electrons. The fourth-order valence-corrected chi connectivity index (χ4v) is 3.12. The van der Waals surface area contributed by atoms with Gasteiger partial charge >= 0.3 is 5.97 Å². The molecule has 0 spiro atoms. The minimum absolute atomic E-state index is 0.268. The highest BCUT2D eigenvalue weighted by molar-refractivity contribution is 7.18. The highest BCUT2D eigenvalue weighted by Crippen LogP contribution is 2.21. The number of fused-ring (bicyclic) bond motifs is 1. The molecule has 0 aliphatic heterocycles. The van der Waals surface area contributed by atoms with E-state index in [1.165, 1.54) is 22.2 Å². The highest BCUT2D eigenvalue weighted by atomic mass is 32.1. The standard InChI is InChI=1S/C15H19N3O4S/c1-4-9-6-10-13(23-9)16-7-18(14(10)20)8(3)12(19)17-11(5-2)15(21)22/h6-8,11H,4-5H2,1-3H3,(H,17,19)(H,21,22). The van der Waals surface area contributed by atoms with Crippen LogP contribution in [0.15, 0.2) is 17.2 Å². The van der Waals surface area contributed by atoms with Crippen LogP contribution in [0.1, 0.15) is 38.1 Å². The zero-order valence-corrected chi connectivity index (χ0v) is 14.0. The second-order valence-corrected chi connectivity index (χ2v) is 6.34. The summed E-state index contributed by atoms with van der Waals surface area (Å²) in [4.78, 5) is 41.7. The molecule has 2 atom stereocenters. The Hall–Kier alpha value is -2.22. The molecule has 0 fully saturated rings. The average Bonchev–Trinajstić information content (AvgIpc) is 2.96. The summed E-state index contributed by atoms with van der Waals surface area (Å²) >= 11 is 1.46. The van der Waals surface area contributed by atoms with E-state index in [1.54, 1.807) is 19.9 Å². The number of thiophene rings is 1. The number of hydrogen-bond donors (Lipinski definition) is 2. The molecule has 2 unspecified atom stereocenters. The summed E-state index contributed by atoms with van der Waals surface area (Å²) in [5.41, 5.74) is -0.294. The number of carbonyl (C=O) groups is 2. The molecule has 2 N–H and O–H groups in total. The zero-order valence-electron chi connectivity index (χ0n) is 13.2. The number of carbonyl (C=O) groups excluding carboxylic acids is 1. The number of amides is 1. The van der Waals surface area contributed by atoms with Crippen molar-refractivity contribution in [3.8, 4) is 0 Å². The SMILES string of the molecule is CCc1cc2c(=O)n(C(C)C(=O)NC(CC)C(=O)O)cnc2s1. The van der Waals surface area contributed by atoms with Gasteiger partial charge in [-0.1, -0.05) is 13.8 Å². The first-order valence-corrected chi connectivity index (χ1v) is 8.23. The molecule has 2 aromatic rings. The number of carboxylic acids is 1. The van der Waals surface area contributed by atoms with E-state index in [2.05, 4.69) is 10.3 Å². The Labute approximate surface area is 137 Å². The summed E-state index contributed by atoms with van der Waals surface area (Å²) in [7, 11) is 0. The van der Waals surface area contributed by atoms with Gasteiger partial charge in [0.05, 0.1) is 11.7 Å². The number of nitrogens with zero attached hydrogens (tertiary/aromatic N) is 2. The number of rotatable bonds is 6. The molecule has 23 heavy (non-hydrogen) atoms. The number of nitrogens with one attached hydrogen (secondary N) is 1. The van der Waals surface area contributed by atoms with Crippen molar-refractivity contribution in [3.05, 3.63) is 27.6 Å². The van der Waals surface area contributed by atoms with Gasteiger partial charge in [-0.25, -0.2) is 9.78 Å². The second kappa shape index (κ2) is 6.91. The molecule has 0 aliphatic carbocycles. The lowest BCUT2D eigenvalue weighted by Gasteiger charge is -2.18. The van der Waals surface area contributed by atoms with E-state index >= 15 is 0 Å². The predicted octanol–water partition coefficient (Wildman–Crippen LogP) is 1.56. The van der Waals surface area contributed by atoms with Gasteiger partial charge in [-0.15, -0.1) is 11.3 Å². The Morgan fingerprint density at radius 3 is 2.70 bits per heavy atom. The van der Waals surface area contributed by atoms with Crippen molar-refractivity contribution in [2.75, 3.05) is 0 Å². The summed E-state index contributed by atoms with van der Waals surface area (Å²) in [5, 5.41) is 11.9. The zero-order chi connectivity index (χ0) is 17.1. The van der Waals surface area contributed by atoms with Crippen LogP contribution >= 0.6 is 11.3 Å². The molecule has 7 nitrogen and oxygen atoms in total. The molecular weight excluding hydrogens is 318 g/mol. The fourth-order valence-electron chi connectivity index (χ4n) is 2.19. The fraction of sp³-hybridized carbons (Fsp3) is 0.467. The van der Waals surface area contributed by atoms with Crippen LogP contribution in [0.4, 0.5) is 0 Å². The largest absolute Gasteiger partial charge is 0.480 e. The van der Waals surface area contributed by atoms with E-state index in [-0.39, 0.29) is 12.0 Å². The molecule has 2 aromatic heterocycles. The van der Waals surface area contributed by atoms with Crippen LogP contribution in [-0.4, -0.2) is 32.6 Å². The monoisotopic (exact) mass is 337 g/mol. The van der Waals surface area contributed by atoms with Gasteiger partial charge in [-0.05, 0) is 25.8 Å². The number of hydrogen-bond acceptors (Lipinski definition) is 5. The minimum Gasteiger partial charge on any atom is -0.480 e. The summed E-state index contributed by atoms with van der Waals surface area (Å²) in [5.74, 6) is -1.62. The van der Waals surface area contributed by atoms with Crippen molar-refractivity contribution >= 4 is 33.4 Å². The molecule has 0 saturated heterocycles. The lowest BCUT2D eigenvalue weighted by atomic mass is 10.2. The molecular formula is C15H19N3O4S. The van der Waals surface area contributed by atoms with Crippen molar-refractivity contribution in [2.24, 2.45) is 0 Å². The molecule has 0 aromatic carbocycles. The van der Waals surface area contributed by atoms with Gasteiger partial charge in [0, 0.05) is 4.88 Å². The van der Waals surface area contributed by atoms with E-state index in [0.29, 0.717) is 10.2 Å². The smallest absolute Gasteiger partial charge is 0.326 e. The Bertz CT molecular complexity index is 796.